The Bertz CT molecular complexity index is 256. The van der Waals surface area contributed by atoms with Crippen LogP contribution in [0.2, 0.25) is 0 Å². The number of hydrogen-bond acceptors (Lipinski definition) is 3. The lowest BCUT2D eigenvalue weighted by Gasteiger charge is -2.19. The highest BCUT2D eigenvalue weighted by Gasteiger charge is 2.15. The van der Waals surface area contributed by atoms with Crippen molar-refractivity contribution in [1.29, 1.82) is 0 Å². The molecule has 4 heteroatoms. The van der Waals surface area contributed by atoms with Crippen molar-refractivity contribution in [2.45, 2.75) is 52.5 Å². The quantitative estimate of drug-likeness (QED) is 0.690. The molecular weight excluding hydrogens is 238 g/mol. The average molecular weight is 269 g/mol. The van der Waals surface area contributed by atoms with E-state index in [9.17, 15) is 4.79 Å². The number of nitrogens with one attached hydrogen (secondary N) is 2. The number of likely N-dealkylation sites (tertiary alicyclic amines) is 1. The van der Waals surface area contributed by atoms with Gasteiger partial charge in [0.25, 0.3) is 0 Å². The van der Waals surface area contributed by atoms with Gasteiger partial charge in [0.2, 0.25) is 5.91 Å². The fourth-order valence-electron chi connectivity index (χ4n) is 2.57. The van der Waals surface area contributed by atoms with E-state index in [2.05, 4.69) is 22.5 Å². The first kappa shape index (κ1) is 16.4. The molecule has 0 aromatic carbocycles. The SMILES string of the molecule is CCCN1CCCC(NCCNC(=O)C(C)C)CC1. The summed E-state index contributed by atoms with van der Waals surface area (Å²) < 4.78 is 0. The van der Waals surface area contributed by atoms with Crippen molar-refractivity contribution in [3.8, 4) is 0 Å². The molecule has 0 spiro atoms. The van der Waals surface area contributed by atoms with Gasteiger partial charge in [-0.1, -0.05) is 20.8 Å². The molecule has 1 saturated heterocycles. The molecule has 0 bridgehead atoms. The molecule has 4 nitrogen and oxygen atoms in total. The lowest BCUT2D eigenvalue weighted by molar-refractivity contribution is -0.123. The molecule has 1 atom stereocenters. The predicted molar refractivity (Wildman–Crippen MR) is 80.2 cm³/mol. The van der Waals surface area contributed by atoms with Crippen molar-refractivity contribution in [2.24, 2.45) is 5.92 Å². The van der Waals surface area contributed by atoms with Crippen LogP contribution in [0.25, 0.3) is 0 Å². The van der Waals surface area contributed by atoms with Gasteiger partial charge >= 0.3 is 0 Å². The molecule has 2 N–H and O–H groups in total. The molecule has 1 aliphatic rings. The molecule has 0 saturated carbocycles. The second kappa shape index (κ2) is 9.32. The molecule has 0 aromatic rings. The van der Waals surface area contributed by atoms with Gasteiger partial charge in [-0.25, -0.2) is 0 Å². The fraction of sp³-hybridized carbons (Fsp3) is 0.933. The Hall–Kier alpha value is -0.610. The predicted octanol–water partition coefficient (Wildman–Crippen LogP) is 1.61. The Morgan fingerprint density at radius 1 is 1.26 bits per heavy atom. The van der Waals surface area contributed by atoms with Crippen molar-refractivity contribution < 1.29 is 4.79 Å². The summed E-state index contributed by atoms with van der Waals surface area (Å²) in [4.78, 5) is 14.0. The Labute approximate surface area is 118 Å². The van der Waals surface area contributed by atoms with Crippen LogP contribution < -0.4 is 10.6 Å². The highest BCUT2D eigenvalue weighted by atomic mass is 16.1. The standard InChI is InChI=1S/C15H31N3O/c1-4-10-18-11-5-6-14(7-12-18)16-8-9-17-15(19)13(2)3/h13-14,16H,4-12H2,1-3H3,(H,17,19). The monoisotopic (exact) mass is 269 g/mol. The number of hydrogen-bond donors (Lipinski definition) is 2. The topological polar surface area (TPSA) is 44.4 Å². The van der Waals surface area contributed by atoms with Crippen molar-refractivity contribution in [3.63, 3.8) is 0 Å². The van der Waals surface area contributed by atoms with E-state index in [1.54, 1.807) is 0 Å². The first-order valence-electron chi connectivity index (χ1n) is 7.87. The summed E-state index contributed by atoms with van der Waals surface area (Å²) in [7, 11) is 0. The van der Waals surface area contributed by atoms with E-state index in [0.717, 1.165) is 13.1 Å². The highest BCUT2D eigenvalue weighted by Crippen LogP contribution is 2.11. The van der Waals surface area contributed by atoms with Crippen LogP contribution in [0.15, 0.2) is 0 Å². The molecular formula is C15H31N3O. The zero-order chi connectivity index (χ0) is 14.1. The Kier molecular flexibility index (Phi) is 8.07. The molecule has 1 amide bonds. The van der Waals surface area contributed by atoms with Gasteiger partial charge in [-0.2, -0.15) is 0 Å². The van der Waals surface area contributed by atoms with Crippen LogP contribution in [0.1, 0.15) is 46.5 Å². The maximum absolute atomic E-state index is 11.4. The molecule has 1 aliphatic heterocycles. The van der Waals surface area contributed by atoms with E-state index in [0.29, 0.717) is 6.04 Å². The first-order valence-corrected chi connectivity index (χ1v) is 7.87. The normalized spacial score (nSPS) is 21.4. The van der Waals surface area contributed by atoms with E-state index >= 15 is 0 Å². The van der Waals surface area contributed by atoms with Crippen LogP contribution in [0, 0.1) is 5.92 Å². The van der Waals surface area contributed by atoms with Gasteiger partial charge in [-0.15, -0.1) is 0 Å². The van der Waals surface area contributed by atoms with E-state index in [-0.39, 0.29) is 11.8 Å². The summed E-state index contributed by atoms with van der Waals surface area (Å²) >= 11 is 0. The van der Waals surface area contributed by atoms with Crippen LogP contribution in [0.3, 0.4) is 0 Å². The van der Waals surface area contributed by atoms with Gasteiger partial charge in [0, 0.05) is 25.0 Å². The molecule has 0 aromatic heterocycles. The molecule has 19 heavy (non-hydrogen) atoms. The molecule has 1 fully saturated rings. The van der Waals surface area contributed by atoms with Gasteiger partial charge < -0.3 is 15.5 Å². The number of carbonyl (C=O) groups is 1. The Morgan fingerprint density at radius 3 is 2.74 bits per heavy atom. The van der Waals surface area contributed by atoms with Crippen molar-refractivity contribution >= 4 is 5.91 Å². The maximum atomic E-state index is 11.4. The third-order valence-corrected chi connectivity index (χ3v) is 3.74. The van der Waals surface area contributed by atoms with Gasteiger partial charge in [0.05, 0.1) is 0 Å². The van der Waals surface area contributed by atoms with Gasteiger partial charge in [-0.3, -0.25) is 4.79 Å². The number of rotatable bonds is 7. The van der Waals surface area contributed by atoms with Crippen LogP contribution in [0.4, 0.5) is 0 Å². The van der Waals surface area contributed by atoms with E-state index in [1.807, 2.05) is 13.8 Å². The third-order valence-electron chi connectivity index (χ3n) is 3.74. The summed E-state index contributed by atoms with van der Waals surface area (Å²) in [5, 5.41) is 6.53. The molecule has 1 heterocycles. The number of carbonyl (C=O) groups excluding carboxylic acids is 1. The average Bonchev–Trinajstić information content (AvgIpc) is 2.60. The van der Waals surface area contributed by atoms with Crippen molar-refractivity contribution in [2.75, 3.05) is 32.7 Å². The number of amides is 1. The van der Waals surface area contributed by atoms with Crippen LogP contribution in [-0.4, -0.2) is 49.6 Å². The summed E-state index contributed by atoms with van der Waals surface area (Å²) in [6.45, 7) is 11.4. The van der Waals surface area contributed by atoms with Crippen molar-refractivity contribution in [3.05, 3.63) is 0 Å². The lowest BCUT2D eigenvalue weighted by atomic mass is 10.1. The minimum Gasteiger partial charge on any atom is -0.355 e. The van der Waals surface area contributed by atoms with Crippen molar-refractivity contribution in [1.82, 2.24) is 15.5 Å². The highest BCUT2D eigenvalue weighted by molar-refractivity contribution is 5.77. The zero-order valence-corrected chi connectivity index (χ0v) is 12.9. The summed E-state index contributed by atoms with van der Waals surface area (Å²) in [5.41, 5.74) is 0. The fourth-order valence-corrected chi connectivity index (χ4v) is 2.57. The largest absolute Gasteiger partial charge is 0.355 e. The molecule has 0 radical (unpaired) electrons. The summed E-state index contributed by atoms with van der Waals surface area (Å²) in [6.07, 6.45) is 5.03. The van der Waals surface area contributed by atoms with E-state index in [4.69, 9.17) is 0 Å². The summed E-state index contributed by atoms with van der Waals surface area (Å²) in [6, 6.07) is 0.623. The van der Waals surface area contributed by atoms with E-state index in [1.165, 1.54) is 45.3 Å². The third kappa shape index (κ3) is 6.92. The second-order valence-electron chi connectivity index (χ2n) is 5.87. The Balaban J connectivity index is 2.11. The maximum Gasteiger partial charge on any atom is 0.222 e. The van der Waals surface area contributed by atoms with Gasteiger partial charge in [0.15, 0.2) is 0 Å². The second-order valence-corrected chi connectivity index (χ2v) is 5.87. The minimum atomic E-state index is 0.0838. The molecule has 1 rings (SSSR count). The Morgan fingerprint density at radius 2 is 2.05 bits per heavy atom. The summed E-state index contributed by atoms with van der Waals surface area (Å²) in [5.74, 6) is 0.234. The van der Waals surface area contributed by atoms with Gasteiger partial charge in [0.1, 0.15) is 0 Å². The first-order chi connectivity index (χ1) is 9.13. The van der Waals surface area contributed by atoms with E-state index < -0.39 is 0 Å². The van der Waals surface area contributed by atoms with Crippen LogP contribution >= 0.6 is 0 Å². The van der Waals surface area contributed by atoms with Crippen LogP contribution in [0.5, 0.6) is 0 Å². The van der Waals surface area contributed by atoms with Crippen LogP contribution in [-0.2, 0) is 4.79 Å². The van der Waals surface area contributed by atoms with Gasteiger partial charge in [-0.05, 0) is 45.3 Å². The smallest absolute Gasteiger partial charge is 0.222 e. The molecule has 1 unspecified atom stereocenters. The number of nitrogens with zero attached hydrogens (tertiary/aromatic N) is 1. The molecule has 0 aliphatic carbocycles. The lowest BCUT2D eigenvalue weighted by Crippen LogP contribution is -2.38. The minimum absolute atomic E-state index is 0.0838. The molecule has 112 valence electrons. The zero-order valence-electron chi connectivity index (χ0n) is 12.9.